The number of methoxy groups -OCH3 is 2. The van der Waals surface area contributed by atoms with Gasteiger partial charge in [0.1, 0.15) is 23.0 Å². The van der Waals surface area contributed by atoms with E-state index < -0.39 is 5.91 Å². The van der Waals surface area contributed by atoms with Crippen LogP contribution in [0.2, 0.25) is 0 Å². The number of hydrogen-bond donors (Lipinski definition) is 2. The minimum Gasteiger partial charge on any atom is -0.507 e. The van der Waals surface area contributed by atoms with Crippen molar-refractivity contribution in [3.05, 3.63) is 102 Å². The Bertz CT molecular complexity index is 1300. The number of amides is 1. The summed E-state index contributed by atoms with van der Waals surface area (Å²) in [6.45, 7) is 0.461. The quantitative estimate of drug-likeness (QED) is 0.317. The average molecular weight is 470 g/mol. The van der Waals surface area contributed by atoms with Crippen molar-refractivity contribution < 1.29 is 24.1 Å². The molecule has 0 saturated carbocycles. The normalized spacial score (nSPS) is 10.5. The van der Waals surface area contributed by atoms with E-state index in [0.717, 1.165) is 28.2 Å². The van der Waals surface area contributed by atoms with Crippen molar-refractivity contribution in [2.75, 3.05) is 26.1 Å². The average Bonchev–Trinajstić information content (AvgIpc) is 2.89. The second-order valence-corrected chi connectivity index (χ2v) is 7.85. The van der Waals surface area contributed by atoms with Crippen LogP contribution in [0.1, 0.15) is 15.9 Å². The van der Waals surface area contributed by atoms with E-state index >= 15 is 0 Å². The molecule has 0 unspecified atom stereocenters. The fraction of sp³-hybridized carbons (Fsp3) is 0.138. The molecular weight excluding hydrogens is 442 g/mol. The van der Waals surface area contributed by atoms with Crippen LogP contribution in [0.15, 0.2) is 91.0 Å². The fourth-order valence-corrected chi connectivity index (χ4v) is 3.73. The van der Waals surface area contributed by atoms with Crippen LogP contribution in [-0.2, 0) is 6.42 Å². The van der Waals surface area contributed by atoms with Crippen LogP contribution >= 0.6 is 0 Å². The van der Waals surface area contributed by atoms with Gasteiger partial charge in [0.2, 0.25) is 0 Å². The summed E-state index contributed by atoms with van der Waals surface area (Å²) in [5.41, 5.74) is 3.53. The van der Waals surface area contributed by atoms with Gasteiger partial charge in [0.25, 0.3) is 5.91 Å². The third-order valence-corrected chi connectivity index (χ3v) is 5.59. The first-order valence-corrected chi connectivity index (χ1v) is 11.2. The number of para-hydroxylation sites is 1. The van der Waals surface area contributed by atoms with Gasteiger partial charge in [-0.1, -0.05) is 42.5 Å². The van der Waals surface area contributed by atoms with Gasteiger partial charge in [0.15, 0.2) is 0 Å². The Balaban J connectivity index is 1.43. The smallest absolute Gasteiger partial charge is 0.259 e. The Morgan fingerprint density at radius 3 is 2.34 bits per heavy atom. The molecule has 4 rings (SSSR count). The molecule has 0 bridgehead atoms. The Morgan fingerprint density at radius 1 is 0.800 bits per heavy atom. The molecule has 6 nitrogen and oxygen atoms in total. The van der Waals surface area contributed by atoms with Gasteiger partial charge >= 0.3 is 0 Å². The number of nitrogens with one attached hydrogen (secondary N) is 1. The number of phenols is 1. The monoisotopic (exact) mass is 469 g/mol. The van der Waals surface area contributed by atoms with Crippen LogP contribution < -0.4 is 19.5 Å². The van der Waals surface area contributed by atoms with Crippen LogP contribution in [0.5, 0.6) is 23.0 Å². The zero-order valence-electron chi connectivity index (χ0n) is 19.7. The molecule has 0 aliphatic rings. The molecule has 4 aromatic carbocycles. The number of aromatic hydroxyl groups is 1. The van der Waals surface area contributed by atoms with Crippen LogP contribution in [0, 0.1) is 0 Å². The molecule has 0 aliphatic heterocycles. The molecule has 1 amide bonds. The summed E-state index contributed by atoms with van der Waals surface area (Å²) in [6.07, 6.45) is 0.687. The Kier molecular flexibility index (Phi) is 7.53. The number of carbonyl (C=O) groups excluding carboxylic acids is 1. The lowest BCUT2D eigenvalue weighted by Gasteiger charge is -2.12. The minimum atomic E-state index is -0.413. The van der Waals surface area contributed by atoms with Crippen LogP contribution in [0.3, 0.4) is 0 Å². The Morgan fingerprint density at radius 2 is 1.57 bits per heavy atom. The van der Waals surface area contributed by atoms with E-state index in [-0.39, 0.29) is 11.3 Å². The highest BCUT2D eigenvalue weighted by Gasteiger charge is 2.14. The van der Waals surface area contributed by atoms with Gasteiger partial charge in [-0.05, 0) is 59.2 Å². The Hall–Kier alpha value is -4.45. The van der Waals surface area contributed by atoms with Gasteiger partial charge in [-0.15, -0.1) is 0 Å². The van der Waals surface area contributed by atoms with Crippen molar-refractivity contribution in [2.45, 2.75) is 6.42 Å². The zero-order chi connectivity index (χ0) is 24.6. The van der Waals surface area contributed by atoms with Crippen molar-refractivity contribution in [1.82, 2.24) is 0 Å². The van der Waals surface area contributed by atoms with E-state index in [1.165, 1.54) is 6.07 Å². The molecular formula is C29H27NO5. The van der Waals surface area contributed by atoms with E-state index in [1.807, 2.05) is 60.7 Å². The molecule has 0 aliphatic carbocycles. The summed E-state index contributed by atoms with van der Waals surface area (Å²) in [7, 11) is 3.26. The lowest BCUT2D eigenvalue weighted by atomic mass is 10.0. The Labute approximate surface area is 204 Å². The molecule has 178 valence electrons. The van der Waals surface area contributed by atoms with Gasteiger partial charge in [-0.2, -0.15) is 0 Å². The molecule has 0 fully saturated rings. The van der Waals surface area contributed by atoms with Gasteiger partial charge in [0.05, 0.1) is 26.4 Å². The highest BCUT2D eigenvalue weighted by atomic mass is 16.5. The highest BCUT2D eigenvalue weighted by molar-refractivity contribution is 6.07. The number of anilines is 1. The molecule has 6 heteroatoms. The minimum absolute atomic E-state index is 0.0935. The topological polar surface area (TPSA) is 77.0 Å². The maximum absolute atomic E-state index is 13.0. The largest absolute Gasteiger partial charge is 0.507 e. The maximum atomic E-state index is 13.0. The predicted molar refractivity (Wildman–Crippen MR) is 137 cm³/mol. The second-order valence-electron chi connectivity index (χ2n) is 7.85. The standard InChI is InChI=1S/C29H27NO5/c1-33-24-13-10-20(11-14-24)22-12-15-27(31)26(18-22)29(32)30-23-7-5-8-25(19-23)35-17-16-21-6-3-4-9-28(21)34-2/h3-15,18-19,31H,16-17H2,1-2H3,(H,30,32). The molecule has 0 heterocycles. The van der Waals surface area contributed by atoms with Gasteiger partial charge in [-0.25, -0.2) is 0 Å². The molecule has 0 saturated heterocycles. The van der Waals surface area contributed by atoms with E-state index in [1.54, 1.807) is 38.5 Å². The van der Waals surface area contributed by atoms with Gasteiger partial charge in [0, 0.05) is 18.2 Å². The number of carbonyl (C=O) groups is 1. The van der Waals surface area contributed by atoms with Gasteiger partial charge < -0.3 is 24.6 Å². The molecule has 35 heavy (non-hydrogen) atoms. The number of benzene rings is 4. The molecule has 0 spiro atoms. The van der Waals surface area contributed by atoms with E-state index in [0.29, 0.717) is 24.5 Å². The van der Waals surface area contributed by atoms with Crippen molar-refractivity contribution in [3.8, 4) is 34.1 Å². The summed E-state index contributed by atoms with van der Waals surface area (Å²) >= 11 is 0. The van der Waals surface area contributed by atoms with Crippen molar-refractivity contribution in [3.63, 3.8) is 0 Å². The maximum Gasteiger partial charge on any atom is 0.259 e. The summed E-state index contributed by atoms with van der Waals surface area (Å²) < 4.78 is 16.5. The summed E-state index contributed by atoms with van der Waals surface area (Å²) in [6, 6.07) is 27.4. The van der Waals surface area contributed by atoms with Crippen LogP contribution in [0.4, 0.5) is 5.69 Å². The molecule has 0 radical (unpaired) electrons. The first-order valence-electron chi connectivity index (χ1n) is 11.2. The molecule has 4 aromatic rings. The zero-order valence-corrected chi connectivity index (χ0v) is 19.7. The molecule has 2 N–H and O–H groups in total. The fourth-order valence-electron chi connectivity index (χ4n) is 3.73. The molecule has 0 atom stereocenters. The first-order chi connectivity index (χ1) is 17.1. The number of rotatable bonds is 9. The summed E-state index contributed by atoms with van der Waals surface area (Å²) in [5, 5.41) is 13.2. The summed E-state index contributed by atoms with van der Waals surface area (Å²) in [4.78, 5) is 13.0. The van der Waals surface area contributed by atoms with Crippen molar-refractivity contribution in [1.29, 1.82) is 0 Å². The van der Waals surface area contributed by atoms with Crippen molar-refractivity contribution in [2.24, 2.45) is 0 Å². The van der Waals surface area contributed by atoms with E-state index in [4.69, 9.17) is 14.2 Å². The summed E-state index contributed by atoms with van der Waals surface area (Å²) in [5.74, 6) is 1.70. The van der Waals surface area contributed by atoms with Crippen LogP contribution in [0.25, 0.3) is 11.1 Å². The predicted octanol–water partition coefficient (Wildman–Crippen LogP) is 5.95. The lowest BCUT2D eigenvalue weighted by molar-refractivity contribution is 0.102. The SMILES string of the molecule is COc1ccc(-c2ccc(O)c(C(=O)Nc3cccc(OCCc4ccccc4OC)c3)c2)cc1. The van der Waals surface area contributed by atoms with Crippen LogP contribution in [-0.4, -0.2) is 31.8 Å². The number of ether oxygens (including phenoxy) is 3. The second kappa shape index (κ2) is 11.1. The lowest BCUT2D eigenvalue weighted by Crippen LogP contribution is -2.12. The van der Waals surface area contributed by atoms with E-state index in [9.17, 15) is 9.90 Å². The van der Waals surface area contributed by atoms with Gasteiger partial charge in [-0.3, -0.25) is 4.79 Å². The van der Waals surface area contributed by atoms with Crippen molar-refractivity contribution >= 4 is 11.6 Å². The number of hydrogen-bond acceptors (Lipinski definition) is 5. The first kappa shape index (κ1) is 23.7. The highest BCUT2D eigenvalue weighted by Crippen LogP contribution is 2.28. The third-order valence-electron chi connectivity index (χ3n) is 5.59. The number of phenolic OH excluding ortho intramolecular Hbond substituents is 1. The molecule has 0 aromatic heterocycles. The van der Waals surface area contributed by atoms with E-state index in [2.05, 4.69) is 5.32 Å². The third kappa shape index (κ3) is 5.92.